The number of carbonyl (C=O) groups is 1. The fourth-order valence-electron chi connectivity index (χ4n) is 4.33. The van der Waals surface area contributed by atoms with E-state index in [9.17, 15) is 14.7 Å². The Balaban J connectivity index is 1.91. The van der Waals surface area contributed by atoms with E-state index >= 15 is 0 Å². The summed E-state index contributed by atoms with van der Waals surface area (Å²) in [5.74, 6) is -0.872. The molecule has 4 rings (SSSR count). The highest BCUT2D eigenvalue weighted by Gasteiger charge is 2.47. The number of rotatable bonds is 3. The summed E-state index contributed by atoms with van der Waals surface area (Å²) in [7, 11) is 1.71. The first-order valence-electron chi connectivity index (χ1n) is 9.61. The molecule has 7 nitrogen and oxygen atoms in total. The molecule has 0 radical (unpaired) electrons. The smallest absolute Gasteiger partial charge is 0.277 e. The minimum absolute atomic E-state index is 0.00243. The summed E-state index contributed by atoms with van der Waals surface area (Å²) in [6, 6.07) is 11.1. The van der Waals surface area contributed by atoms with Crippen molar-refractivity contribution in [3.63, 3.8) is 0 Å². The molecule has 1 saturated heterocycles. The predicted octanol–water partition coefficient (Wildman–Crippen LogP) is 2.23. The number of hydrogen-bond acceptors (Lipinski definition) is 5. The van der Waals surface area contributed by atoms with Gasteiger partial charge in [0, 0.05) is 19.3 Å². The second-order valence-electron chi connectivity index (χ2n) is 7.65. The topological polar surface area (TPSA) is 75.0 Å². The van der Waals surface area contributed by atoms with Crippen molar-refractivity contribution < 1.29 is 14.6 Å². The molecule has 7 heteroatoms. The first kappa shape index (κ1) is 18.6. The molecule has 1 aromatic heterocycles. The molecule has 2 aliphatic heterocycles. The zero-order valence-electron chi connectivity index (χ0n) is 16.3. The van der Waals surface area contributed by atoms with E-state index in [0.29, 0.717) is 0 Å². The summed E-state index contributed by atoms with van der Waals surface area (Å²) < 4.78 is 7.89. The van der Waals surface area contributed by atoms with Crippen LogP contribution in [-0.2, 0) is 4.74 Å². The molecular formula is C21H25N3O4. The first-order valence-corrected chi connectivity index (χ1v) is 9.61. The molecule has 28 heavy (non-hydrogen) atoms. The standard InChI is InChI=1S/C21H25N3O4/c1-13(2)28-16-9-10-17-22(3)21(27)19-20(26)15(25)11-12-23(19)24(17)18(16)14-7-5-4-6-8-14/h4-8,11-13,16-18,26H,9-10H2,1-3H3/t16-,17+,18-/m1/s1. The van der Waals surface area contributed by atoms with Crippen molar-refractivity contribution in [2.75, 3.05) is 12.1 Å². The fourth-order valence-corrected chi connectivity index (χ4v) is 4.33. The SMILES string of the molecule is CC(C)O[C@@H]1CC[C@H]2N(C)C(=O)c3c(O)c(=O)ccn3N2[C@@H]1c1ccccc1. The number of fused-ring (bicyclic) bond motifs is 3. The van der Waals surface area contributed by atoms with Crippen LogP contribution in [-0.4, -0.2) is 46.0 Å². The molecule has 0 aliphatic carbocycles. The van der Waals surface area contributed by atoms with Crippen molar-refractivity contribution in [1.29, 1.82) is 0 Å². The average molecular weight is 383 g/mol. The van der Waals surface area contributed by atoms with Crippen molar-refractivity contribution in [3.8, 4) is 5.75 Å². The highest BCUT2D eigenvalue weighted by molar-refractivity contribution is 5.96. The number of ether oxygens (including phenoxy) is 1. The first-order chi connectivity index (χ1) is 13.4. The summed E-state index contributed by atoms with van der Waals surface area (Å²) in [6.45, 7) is 4.02. The Morgan fingerprint density at radius 1 is 1.11 bits per heavy atom. The number of nitrogens with zero attached hydrogens (tertiary/aromatic N) is 3. The van der Waals surface area contributed by atoms with Crippen LogP contribution >= 0.6 is 0 Å². The van der Waals surface area contributed by atoms with Crippen molar-refractivity contribution in [1.82, 2.24) is 9.58 Å². The van der Waals surface area contributed by atoms with Crippen LogP contribution in [0.25, 0.3) is 0 Å². The Hall–Kier alpha value is -2.80. The number of aromatic hydroxyl groups is 1. The van der Waals surface area contributed by atoms with Gasteiger partial charge in [0.2, 0.25) is 5.43 Å². The fraction of sp³-hybridized carbons (Fsp3) is 0.429. The summed E-state index contributed by atoms with van der Waals surface area (Å²) in [5.41, 5.74) is 0.497. The van der Waals surface area contributed by atoms with E-state index in [0.717, 1.165) is 18.4 Å². The van der Waals surface area contributed by atoms with Gasteiger partial charge in [0.15, 0.2) is 11.4 Å². The molecule has 1 aromatic carbocycles. The van der Waals surface area contributed by atoms with Crippen LogP contribution in [0.1, 0.15) is 48.8 Å². The van der Waals surface area contributed by atoms with E-state index in [1.54, 1.807) is 22.8 Å². The van der Waals surface area contributed by atoms with Crippen LogP contribution < -0.4 is 10.4 Å². The van der Waals surface area contributed by atoms with Crippen LogP contribution in [0, 0.1) is 0 Å². The van der Waals surface area contributed by atoms with Crippen LogP contribution in [0.2, 0.25) is 0 Å². The Morgan fingerprint density at radius 2 is 1.82 bits per heavy atom. The molecule has 3 atom stereocenters. The molecule has 0 unspecified atom stereocenters. The van der Waals surface area contributed by atoms with Gasteiger partial charge in [-0.3, -0.25) is 19.3 Å². The largest absolute Gasteiger partial charge is 0.502 e. The summed E-state index contributed by atoms with van der Waals surface area (Å²) in [5, 5.41) is 12.4. The van der Waals surface area contributed by atoms with E-state index in [1.165, 1.54) is 6.07 Å². The van der Waals surface area contributed by atoms with E-state index in [2.05, 4.69) is 5.01 Å². The van der Waals surface area contributed by atoms with Crippen molar-refractivity contribution in [2.24, 2.45) is 0 Å². The molecule has 2 aliphatic rings. The van der Waals surface area contributed by atoms with Gasteiger partial charge in [0.25, 0.3) is 5.91 Å². The van der Waals surface area contributed by atoms with Crippen LogP contribution in [0.15, 0.2) is 47.4 Å². The van der Waals surface area contributed by atoms with E-state index < -0.39 is 11.2 Å². The Labute approximate surface area is 163 Å². The normalized spacial score (nSPS) is 24.3. The number of aromatic nitrogens is 1. The quantitative estimate of drug-likeness (QED) is 0.880. The summed E-state index contributed by atoms with van der Waals surface area (Å²) >= 11 is 0. The highest BCUT2D eigenvalue weighted by atomic mass is 16.5. The molecule has 0 bridgehead atoms. The highest BCUT2D eigenvalue weighted by Crippen LogP contribution is 2.40. The van der Waals surface area contributed by atoms with Crippen molar-refractivity contribution in [3.05, 3.63) is 64.1 Å². The zero-order chi connectivity index (χ0) is 20.0. The molecule has 1 fully saturated rings. The van der Waals surface area contributed by atoms with E-state index in [4.69, 9.17) is 4.74 Å². The predicted molar refractivity (Wildman–Crippen MR) is 105 cm³/mol. The maximum absolute atomic E-state index is 12.9. The minimum Gasteiger partial charge on any atom is -0.502 e. The van der Waals surface area contributed by atoms with Crippen LogP contribution in [0.4, 0.5) is 0 Å². The second-order valence-corrected chi connectivity index (χ2v) is 7.65. The van der Waals surface area contributed by atoms with Gasteiger partial charge in [-0.15, -0.1) is 0 Å². The molecular weight excluding hydrogens is 358 g/mol. The molecule has 148 valence electrons. The lowest BCUT2D eigenvalue weighted by atomic mass is 9.90. The number of carbonyl (C=O) groups excluding carboxylic acids is 1. The third-order valence-corrected chi connectivity index (χ3v) is 5.51. The molecule has 3 heterocycles. The summed E-state index contributed by atoms with van der Waals surface area (Å²) in [4.78, 5) is 26.5. The Bertz CT molecular complexity index is 940. The van der Waals surface area contributed by atoms with Crippen LogP contribution in [0.5, 0.6) is 5.75 Å². The third kappa shape index (κ3) is 2.86. The van der Waals surface area contributed by atoms with E-state index in [1.807, 2.05) is 44.2 Å². The molecule has 1 amide bonds. The average Bonchev–Trinajstić information content (AvgIpc) is 2.68. The van der Waals surface area contributed by atoms with Gasteiger partial charge in [0.05, 0.1) is 18.2 Å². The van der Waals surface area contributed by atoms with Gasteiger partial charge in [0.1, 0.15) is 6.17 Å². The monoisotopic (exact) mass is 383 g/mol. The van der Waals surface area contributed by atoms with Crippen molar-refractivity contribution in [2.45, 2.75) is 51.1 Å². The van der Waals surface area contributed by atoms with Crippen molar-refractivity contribution >= 4 is 5.91 Å². The van der Waals surface area contributed by atoms with Gasteiger partial charge in [-0.05, 0) is 32.3 Å². The zero-order valence-corrected chi connectivity index (χ0v) is 16.3. The van der Waals surface area contributed by atoms with Gasteiger partial charge in [-0.1, -0.05) is 30.3 Å². The number of pyridine rings is 1. The second kappa shape index (κ2) is 6.98. The number of piperidine rings is 1. The minimum atomic E-state index is -0.560. The molecule has 0 spiro atoms. The molecule has 2 aromatic rings. The lowest BCUT2D eigenvalue weighted by Gasteiger charge is -2.53. The lowest BCUT2D eigenvalue weighted by Crippen LogP contribution is -2.65. The van der Waals surface area contributed by atoms with Gasteiger partial charge >= 0.3 is 0 Å². The molecule has 1 N–H and O–H groups in total. The molecule has 0 saturated carbocycles. The van der Waals surface area contributed by atoms with Gasteiger partial charge in [-0.25, -0.2) is 0 Å². The lowest BCUT2D eigenvalue weighted by molar-refractivity contribution is -0.0465. The maximum atomic E-state index is 12.9. The number of amides is 1. The van der Waals surface area contributed by atoms with E-state index in [-0.39, 0.29) is 36.0 Å². The van der Waals surface area contributed by atoms with Gasteiger partial charge in [-0.2, -0.15) is 0 Å². The number of benzene rings is 1. The van der Waals surface area contributed by atoms with Crippen LogP contribution in [0.3, 0.4) is 0 Å². The Kier molecular flexibility index (Phi) is 4.63. The summed E-state index contributed by atoms with van der Waals surface area (Å²) in [6.07, 6.45) is 2.88. The third-order valence-electron chi connectivity index (χ3n) is 5.51. The van der Waals surface area contributed by atoms with Gasteiger partial charge < -0.3 is 14.7 Å². The maximum Gasteiger partial charge on any atom is 0.277 e. The number of hydrogen-bond donors (Lipinski definition) is 1. The Morgan fingerprint density at radius 3 is 2.50 bits per heavy atom.